The summed E-state index contributed by atoms with van der Waals surface area (Å²) in [6, 6.07) is 8.13. The van der Waals surface area contributed by atoms with Gasteiger partial charge in [-0.05, 0) is 65.6 Å². The van der Waals surface area contributed by atoms with Crippen molar-refractivity contribution in [1.29, 1.82) is 0 Å². The quantitative estimate of drug-likeness (QED) is 0.289. The molecule has 0 saturated carbocycles. The monoisotopic (exact) mass is 566 g/mol. The normalized spacial score (nSPS) is 12.2. The summed E-state index contributed by atoms with van der Waals surface area (Å²) in [7, 11) is -4.16. The molecule has 9 nitrogen and oxygen atoms in total. The fraction of sp³-hybridized carbons (Fsp3) is 0.333. The number of alkyl halides is 3. The van der Waals surface area contributed by atoms with Crippen LogP contribution in [0, 0.1) is 19.8 Å². The maximum atomic E-state index is 13.6. The molecule has 202 valence electrons. The maximum absolute atomic E-state index is 13.6. The molecule has 2 heterocycles. The third kappa shape index (κ3) is 5.96. The lowest BCUT2D eigenvalue weighted by Gasteiger charge is -2.27. The Morgan fingerprint density at radius 2 is 1.89 bits per heavy atom. The number of aromatic nitrogens is 5. The zero-order valence-corrected chi connectivity index (χ0v) is 22.6. The van der Waals surface area contributed by atoms with Crippen LogP contribution in [0.4, 0.5) is 18.9 Å². The lowest BCUT2D eigenvalue weighted by Crippen LogP contribution is -2.34. The molecular weight excluding hydrogens is 541 g/mol. The van der Waals surface area contributed by atoms with Crippen molar-refractivity contribution in [1.82, 2.24) is 25.6 Å². The van der Waals surface area contributed by atoms with Crippen molar-refractivity contribution in [3.63, 3.8) is 0 Å². The number of ether oxygens (including phenoxy) is 1. The number of hydrogen-bond donors (Lipinski definition) is 1. The van der Waals surface area contributed by atoms with E-state index in [9.17, 15) is 21.6 Å². The molecule has 0 unspecified atom stereocenters. The third-order valence-corrected chi connectivity index (χ3v) is 8.67. The van der Waals surface area contributed by atoms with Gasteiger partial charge in [-0.15, -0.1) is 16.4 Å². The predicted octanol–water partition coefficient (Wildman–Crippen LogP) is 5.39. The first-order chi connectivity index (χ1) is 17.9. The number of nitrogens with one attached hydrogen (secondary N) is 1. The summed E-state index contributed by atoms with van der Waals surface area (Å²) in [5.74, 6) is 0.120. The topological polar surface area (TPSA) is 114 Å². The van der Waals surface area contributed by atoms with Crippen LogP contribution in [0.3, 0.4) is 0 Å². The van der Waals surface area contributed by atoms with Crippen LogP contribution in [0.15, 0.2) is 46.1 Å². The van der Waals surface area contributed by atoms with Crippen LogP contribution in [0.5, 0.6) is 5.75 Å². The van der Waals surface area contributed by atoms with Gasteiger partial charge >= 0.3 is 6.18 Å². The Kier molecular flexibility index (Phi) is 7.74. The summed E-state index contributed by atoms with van der Waals surface area (Å²) in [6.45, 7) is 7.04. The summed E-state index contributed by atoms with van der Waals surface area (Å²) < 4.78 is 74.8. The number of H-pyrrole nitrogens is 1. The minimum atomic E-state index is -4.65. The van der Waals surface area contributed by atoms with E-state index < -0.39 is 21.8 Å². The van der Waals surface area contributed by atoms with E-state index in [-0.39, 0.29) is 34.8 Å². The average Bonchev–Trinajstić information content (AvgIpc) is 3.53. The van der Waals surface area contributed by atoms with Gasteiger partial charge in [-0.1, -0.05) is 26.0 Å². The first-order valence-corrected chi connectivity index (χ1v) is 13.8. The highest BCUT2D eigenvalue weighted by Gasteiger charge is 2.35. The van der Waals surface area contributed by atoms with Crippen LogP contribution in [0.25, 0.3) is 11.4 Å². The van der Waals surface area contributed by atoms with Crippen LogP contribution < -0.4 is 9.04 Å². The SMILES string of the molecule is Cc1csc(S(=O)(=O)N(CC(C)C)c2ccc(C(F)(F)F)cc2OCc2ccc(-c3nnn[nH]3)cc2C)n1. The lowest BCUT2D eigenvalue weighted by molar-refractivity contribution is -0.137. The number of halogens is 3. The summed E-state index contributed by atoms with van der Waals surface area (Å²) in [4.78, 5) is 4.11. The van der Waals surface area contributed by atoms with E-state index in [0.717, 1.165) is 45.0 Å². The van der Waals surface area contributed by atoms with Crippen LogP contribution in [0.1, 0.15) is 36.2 Å². The molecular formula is C24H25F3N6O3S2. The molecule has 2 aromatic heterocycles. The molecule has 0 aliphatic rings. The highest BCUT2D eigenvalue weighted by molar-refractivity contribution is 7.94. The molecule has 0 radical (unpaired) electrons. The number of benzene rings is 2. The minimum Gasteiger partial charge on any atom is -0.487 e. The number of thiazole rings is 1. The van der Waals surface area contributed by atoms with Crippen molar-refractivity contribution in [3.8, 4) is 17.1 Å². The zero-order valence-electron chi connectivity index (χ0n) is 20.9. The maximum Gasteiger partial charge on any atom is 0.416 e. The number of anilines is 1. The van der Waals surface area contributed by atoms with E-state index in [1.807, 2.05) is 26.8 Å². The predicted molar refractivity (Wildman–Crippen MR) is 136 cm³/mol. The molecule has 38 heavy (non-hydrogen) atoms. The number of hydrogen-bond acceptors (Lipinski definition) is 8. The molecule has 2 aromatic carbocycles. The number of rotatable bonds is 9. The van der Waals surface area contributed by atoms with E-state index in [2.05, 4.69) is 25.6 Å². The fourth-order valence-corrected chi connectivity index (χ4v) is 6.43. The second-order valence-electron chi connectivity index (χ2n) is 9.04. The average molecular weight is 567 g/mol. The Hall–Kier alpha value is -3.52. The van der Waals surface area contributed by atoms with Crippen LogP contribution in [-0.2, 0) is 22.8 Å². The molecule has 0 fully saturated rings. The molecule has 0 atom stereocenters. The number of sulfonamides is 1. The van der Waals surface area contributed by atoms with Gasteiger partial charge in [0, 0.05) is 23.2 Å². The number of aromatic amines is 1. The van der Waals surface area contributed by atoms with Crippen molar-refractivity contribution < 1.29 is 26.3 Å². The Morgan fingerprint density at radius 1 is 1.13 bits per heavy atom. The molecule has 4 aromatic rings. The van der Waals surface area contributed by atoms with Gasteiger partial charge in [0.15, 0.2) is 5.82 Å². The summed E-state index contributed by atoms with van der Waals surface area (Å²) in [5, 5.41) is 15.2. The van der Waals surface area contributed by atoms with Gasteiger partial charge in [-0.2, -0.15) is 21.6 Å². The first kappa shape index (κ1) is 27.5. The Labute approximate surface area is 221 Å². The van der Waals surface area contributed by atoms with Crippen molar-refractivity contribution in [2.75, 3.05) is 10.8 Å². The van der Waals surface area contributed by atoms with Crippen molar-refractivity contribution in [2.24, 2.45) is 5.92 Å². The number of aryl methyl sites for hydroxylation is 2. The van der Waals surface area contributed by atoms with Crippen LogP contribution in [0.2, 0.25) is 0 Å². The second-order valence-corrected chi connectivity index (χ2v) is 11.9. The summed E-state index contributed by atoms with van der Waals surface area (Å²) in [6.07, 6.45) is -4.65. The molecule has 0 bridgehead atoms. The smallest absolute Gasteiger partial charge is 0.416 e. The molecule has 1 N–H and O–H groups in total. The fourth-order valence-electron chi connectivity index (χ4n) is 3.66. The highest BCUT2D eigenvalue weighted by Crippen LogP contribution is 2.39. The Balaban J connectivity index is 1.73. The number of tetrazole rings is 1. The van der Waals surface area contributed by atoms with E-state index in [4.69, 9.17) is 4.74 Å². The molecule has 0 saturated heterocycles. The van der Waals surface area contributed by atoms with Gasteiger partial charge in [0.05, 0.1) is 11.3 Å². The van der Waals surface area contributed by atoms with E-state index >= 15 is 0 Å². The lowest BCUT2D eigenvalue weighted by atomic mass is 10.1. The van der Waals surface area contributed by atoms with Crippen molar-refractivity contribution in [3.05, 3.63) is 64.2 Å². The molecule has 0 aliphatic heterocycles. The van der Waals surface area contributed by atoms with E-state index in [1.54, 1.807) is 24.4 Å². The van der Waals surface area contributed by atoms with Gasteiger partial charge in [0.1, 0.15) is 12.4 Å². The highest BCUT2D eigenvalue weighted by atomic mass is 32.2. The third-order valence-electron chi connectivity index (χ3n) is 5.54. The first-order valence-electron chi connectivity index (χ1n) is 11.5. The summed E-state index contributed by atoms with van der Waals surface area (Å²) >= 11 is 0.954. The van der Waals surface area contributed by atoms with Gasteiger partial charge < -0.3 is 4.74 Å². The van der Waals surface area contributed by atoms with Gasteiger partial charge in [-0.25, -0.2) is 10.1 Å². The summed E-state index contributed by atoms with van der Waals surface area (Å²) in [5.41, 5.74) is 1.79. The second kappa shape index (κ2) is 10.7. The van der Waals surface area contributed by atoms with Gasteiger partial charge in [-0.3, -0.25) is 4.31 Å². The molecule has 0 spiro atoms. The standard InChI is InChI=1S/C24H25F3N6O3S2/c1-14(2)11-33(38(34,35)23-28-16(4)13-37-23)20-8-7-19(24(25,26)27)10-21(20)36-12-18-6-5-17(9-15(18)3)22-29-31-32-30-22/h5-10,13-14H,11-12H2,1-4H3,(H,29,30,31,32). The largest absolute Gasteiger partial charge is 0.487 e. The minimum absolute atomic E-state index is 0.00144. The molecule has 14 heteroatoms. The van der Waals surface area contributed by atoms with Crippen molar-refractivity contribution >= 4 is 27.0 Å². The Bertz CT molecular complexity index is 1520. The van der Waals surface area contributed by atoms with E-state index in [0.29, 0.717) is 17.1 Å². The molecule has 0 amide bonds. The van der Waals surface area contributed by atoms with Gasteiger partial charge in [0.2, 0.25) is 4.34 Å². The van der Waals surface area contributed by atoms with Crippen LogP contribution in [-0.4, -0.2) is 40.6 Å². The molecule has 0 aliphatic carbocycles. The zero-order chi connectivity index (χ0) is 27.7. The Morgan fingerprint density at radius 3 is 2.47 bits per heavy atom. The molecule has 4 rings (SSSR count). The number of nitrogens with zero attached hydrogens (tertiary/aromatic N) is 5. The van der Waals surface area contributed by atoms with E-state index in [1.165, 1.54) is 0 Å². The van der Waals surface area contributed by atoms with Crippen LogP contribution >= 0.6 is 11.3 Å². The van der Waals surface area contributed by atoms with Gasteiger partial charge in [0.25, 0.3) is 10.0 Å². The van der Waals surface area contributed by atoms with Crippen molar-refractivity contribution in [2.45, 2.75) is 44.8 Å².